The van der Waals surface area contributed by atoms with Crippen LogP contribution in [0.15, 0.2) is 53.0 Å². The van der Waals surface area contributed by atoms with Gasteiger partial charge in [0.15, 0.2) is 0 Å². The molecule has 6 heteroatoms. The maximum Gasteiger partial charge on any atom is 0.338 e. The summed E-state index contributed by atoms with van der Waals surface area (Å²) in [6.45, 7) is 2.51. The lowest BCUT2D eigenvalue weighted by molar-refractivity contribution is 0.0526. The van der Waals surface area contributed by atoms with E-state index in [-0.39, 0.29) is 12.0 Å². The maximum atomic E-state index is 11.9. The van der Waals surface area contributed by atoms with Crippen LogP contribution in [0.3, 0.4) is 0 Å². The SMILES string of the molecule is CCOC(=O)c1ccc(NC(=O)NCc2ccc(Br)cc2)cc1. The molecule has 0 spiro atoms. The number of urea groups is 1. The highest BCUT2D eigenvalue weighted by Gasteiger charge is 2.07. The second-order valence-corrected chi connectivity index (χ2v) is 5.65. The van der Waals surface area contributed by atoms with Crippen molar-refractivity contribution in [2.75, 3.05) is 11.9 Å². The molecule has 5 nitrogen and oxygen atoms in total. The summed E-state index contributed by atoms with van der Waals surface area (Å²) in [5.74, 6) is -0.376. The van der Waals surface area contributed by atoms with Gasteiger partial charge in [-0.15, -0.1) is 0 Å². The van der Waals surface area contributed by atoms with E-state index < -0.39 is 0 Å². The van der Waals surface area contributed by atoms with Gasteiger partial charge < -0.3 is 15.4 Å². The molecule has 2 N–H and O–H groups in total. The molecule has 0 aliphatic rings. The molecule has 0 aromatic heterocycles. The van der Waals surface area contributed by atoms with Gasteiger partial charge in [-0.05, 0) is 48.9 Å². The molecule has 2 rings (SSSR count). The van der Waals surface area contributed by atoms with Gasteiger partial charge in [-0.1, -0.05) is 28.1 Å². The predicted octanol–water partition coefficient (Wildman–Crippen LogP) is 3.95. The molecule has 23 heavy (non-hydrogen) atoms. The predicted molar refractivity (Wildman–Crippen MR) is 92.4 cm³/mol. The first-order valence-corrected chi connectivity index (χ1v) is 7.94. The fourth-order valence-corrected chi connectivity index (χ4v) is 2.13. The van der Waals surface area contributed by atoms with E-state index in [0.717, 1.165) is 10.0 Å². The summed E-state index contributed by atoms with van der Waals surface area (Å²) in [6.07, 6.45) is 0. The quantitative estimate of drug-likeness (QED) is 0.776. The maximum absolute atomic E-state index is 11.9. The Bertz CT molecular complexity index is 669. The minimum absolute atomic E-state index is 0.309. The highest BCUT2D eigenvalue weighted by molar-refractivity contribution is 9.10. The Morgan fingerprint density at radius 1 is 1.04 bits per heavy atom. The van der Waals surface area contributed by atoms with E-state index in [1.807, 2.05) is 24.3 Å². The summed E-state index contributed by atoms with van der Waals surface area (Å²) in [4.78, 5) is 23.4. The van der Waals surface area contributed by atoms with Crippen LogP contribution in [0.4, 0.5) is 10.5 Å². The van der Waals surface area contributed by atoms with Crippen molar-refractivity contribution in [3.63, 3.8) is 0 Å². The van der Waals surface area contributed by atoms with Gasteiger partial charge in [0.05, 0.1) is 12.2 Å². The lowest BCUT2D eigenvalue weighted by Gasteiger charge is -2.08. The van der Waals surface area contributed by atoms with E-state index in [1.54, 1.807) is 31.2 Å². The van der Waals surface area contributed by atoms with Crippen LogP contribution in [0.5, 0.6) is 0 Å². The topological polar surface area (TPSA) is 67.4 Å². The Morgan fingerprint density at radius 3 is 2.30 bits per heavy atom. The summed E-state index contributed by atoms with van der Waals surface area (Å²) >= 11 is 3.36. The van der Waals surface area contributed by atoms with Crippen molar-refractivity contribution in [2.24, 2.45) is 0 Å². The van der Waals surface area contributed by atoms with Gasteiger partial charge in [0.2, 0.25) is 0 Å². The number of esters is 1. The average molecular weight is 377 g/mol. The normalized spacial score (nSPS) is 10.0. The molecule has 0 atom stereocenters. The first kappa shape index (κ1) is 17.0. The third-order valence-corrected chi connectivity index (χ3v) is 3.55. The lowest BCUT2D eigenvalue weighted by Crippen LogP contribution is -2.28. The molecule has 0 radical (unpaired) electrons. The van der Waals surface area contributed by atoms with E-state index in [1.165, 1.54) is 0 Å². The number of amides is 2. The molecule has 2 amide bonds. The second kappa shape index (κ2) is 8.33. The standard InChI is InChI=1S/C17H17BrN2O3/c1-2-23-16(21)13-5-9-15(10-6-13)20-17(22)19-11-12-3-7-14(18)8-4-12/h3-10H,2,11H2,1H3,(H2,19,20,22). The van der Waals surface area contributed by atoms with Crippen LogP contribution in [-0.2, 0) is 11.3 Å². The largest absolute Gasteiger partial charge is 0.462 e. The van der Waals surface area contributed by atoms with E-state index >= 15 is 0 Å². The van der Waals surface area contributed by atoms with Crippen LogP contribution in [0.2, 0.25) is 0 Å². The van der Waals surface area contributed by atoms with Gasteiger partial charge >= 0.3 is 12.0 Å². The number of hydrogen-bond acceptors (Lipinski definition) is 3. The molecule has 0 unspecified atom stereocenters. The number of benzene rings is 2. The van der Waals surface area contributed by atoms with Crippen molar-refractivity contribution >= 4 is 33.6 Å². The highest BCUT2D eigenvalue weighted by atomic mass is 79.9. The van der Waals surface area contributed by atoms with Gasteiger partial charge in [-0.2, -0.15) is 0 Å². The number of carbonyl (C=O) groups is 2. The van der Waals surface area contributed by atoms with Crippen molar-refractivity contribution in [2.45, 2.75) is 13.5 Å². The molecule has 2 aromatic carbocycles. The number of hydrogen-bond donors (Lipinski definition) is 2. The van der Waals surface area contributed by atoms with E-state index in [9.17, 15) is 9.59 Å². The van der Waals surface area contributed by atoms with E-state index in [0.29, 0.717) is 24.4 Å². The zero-order valence-corrected chi connectivity index (χ0v) is 14.2. The molecule has 0 bridgehead atoms. The van der Waals surface area contributed by atoms with Crippen LogP contribution in [0.25, 0.3) is 0 Å². The smallest absolute Gasteiger partial charge is 0.338 e. The van der Waals surface area contributed by atoms with Crippen LogP contribution in [-0.4, -0.2) is 18.6 Å². The Morgan fingerprint density at radius 2 is 1.70 bits per heavy atom. The van der Waals surface area contributed by atoms with Crippen molar-refractivity contribution in [1.29, 1.82) is 0 Å². The summed E-state index contributed by atoms with van der Waals surface area (Å²) < 4.78 is 5.90. The minimum atomic E-state index is -0.376. The third-order valence-electron chi connectivity index (χ3n) is 3.02. The van der Waals surface area contributed by atoms with E-state index in [2.05, 4.69) is 26.6 Å². The first-order valence-electron chi connectivity index (χ1n) is 7.15. The molecular weight excluding hydrogens is 360 g/mol. The van der Waals surface area contributed by atoms with Gasteiger partial charge in [0.25, 0.3) is 0 Å². The molecule has 0 aliphatic heterocycles. The Hall–Kier alpha value is -2.34. The molecule has 0 saturated carbocycles. The Kier molecular flexibility index (Phi) is 6.17. The van der Waals surface area contributed by atoms with Crippen molar-refractivity contribution < 1.29 is 14.3 Å². The fourth-order valence-electron chi connectivity index (χ4n) is 1.86. The van der Waals surface area contributed by atoms with E-state index in [4.69, 9.17) is 4.74 Å². The second-order valence-electron chi connectivity index (χ2n) is 4.73. The molecule has 0 heterocycles. The molecular formula is C17H17BrN2O3. The van der Waals surface area contributed by atoms with Crippen molar-refractivity contribution in [1.82, 2.24) is 5.32 Å². The number of carbonyl (C=O) groups excluding carboxylic acids is 2. The molecule has 0 aliphatic carbocycles. The lowest BCUT2D eigenvalue weighted by atomic mass is 10.2. The van der Waals surface area contributed by atoms with Crippen LogP contribution >= 0.6 is 15.9 Å². The van der Waals surface area contributed by atoms with Crippen LogP contribution < -0.4 is 10.6 Å². The van der Waals surface area contributed by atoms with Crippen LogP contribution in [0.1, 0.15) is 22.8 Å². The molecule has 120 valence electrons. The van der Waals surface area contributed by atoms with Gasteiger partial charge in [0.1, 0.15) is 0 Å². The Labute approximate surface area is 143 Å². The number of nitrogens with one attached hydrogen (secondary N) is 2. The third kappa shape index (κ3) is 5.41. The number of rotatable bonds is 5. The monoisotopic (exact) mass is 376 g/mol. The number of halogens is 1. The number of anilines is 1. The molecule has 0 fully saturated rings. The van der Waals surface area contributed by atoms with Gasteiger partial charge in [-0.25, -0.2) is 9.59 Å². The van der Waals surface area contributed by atoms with Crippen molar-refractivity contribution in [3.8, 4) is 0 Å². The Balaban J connectivity index is 1.85. The summed E-state index contributed by atoms with van der Waals surface area (Å²) in [7, 11) is 0. The minimum Gasteiger partial charge on any atom is -0.462 e. The number of ether oxygens (including phenoxy) is 1. The summed E-state index contributed by atoms with van der Waals surface area (Å²) in [5, 5.41) is 5.48. The summed E-state index contributed by atoms with van der Waals surface area (Å²) in [6, 6.07) is 13.9. The zero-order chi connectivity index (χ0) is 16.7. The first-order chi connectivity index (χ1) is 11.1. The van der Waals surface area contributed by atoms with Crippen LogP contribution in [0, 0.1) is 0 Å². The highest BCUT2D eigenvalue weighted by Crippen LogP contribution is 2.12. The molecule has 2 aromatic rings. The fraction of sp³-hybridized carbons (Fsp3) is 0.176. The van der Waals surface area contributed by atoms with Crippen molar-refractivity contribution in [3.05, 3.63) is 64.1 Å². The summed E-state index contributed by atoms with van der Waals surface area (Å²) in [5.41, 5.74) is 2.06. The van der Waals surface area contributed by atoms with Gasteiger partial charge in [-0.3, -0.25) is 0 Å². The zero-order valence-electron chi connectivity index (χ0n) is 12.6. The average Bonchev–Trinajstić information content (AvgIpc) is 2.55. The van der Waals surface area contributed by atoms with Gasteiger partial charge in [0, 0.05) is 16.7 Å². The molecule has 0 saturated heterocycles.